The van der Waals surface area contributed by atoms with E-state index in [-0.39, 0.29) is 0 Å². The van der Waals surface area contributed by atoms with Crippen molar-refractivity contribution in [3.05, 3.63) is 35.4 Å². The Kier molecular flexibility index (Phi) is 5.62. The zero-order chi connectivity index (χ0) is 14.5. The lowest BCUT2D eigenvalue weighted by molar-refractivity contribution is 0.199. The first-order valence-corrected chi connectivity index (χ1v) is 8.11. The van der Waals surface area contributed by atoms with E-state index in [2.05, 4.69) is 62.2 Å². The molecule has 2 rings (SSSR count). The normalized spacial score (nSPS) is 20.2. The van der Waals surface area contributed by atoms with Gasteiger partial charge in [-0.05, 0) is 36.4 Å². The molecule has 20 heavy (non-hydrogen) atoms. The summed E-state index contributed by atoms with van der Waals surface area (Å²) in [5.41, 5.74) is 2.86. The van der Waals surface area contributed by atoms with E-state index in [1.807, 2.05) is 0 Å². The van der Waals surface area contributed by atoms with Gasteiger partial charge in [0.25, 0.3) is 0 Å². The number of nitrogens with one attached hydrogen (secondary N) is 1. The van der Waals surface area contributed by atoms with E-state index < -0.39 is 0 Å². The van der Waals surface area contributed by atoms with Crippen LogP contribution in [-0.4, -0.2) is 23.5 Å². The molecular formula is C18H30N2. The predicted molar refractivity (Wildman–Crippen MR) is 86.7 cm³/mol. The highest BCUT2D eigenvalue weighted by atomic mass is 15.2. The summed E-state index contributed by atoms with van der Waals surface area (Å²) in [5.74, 6) is 0.767. The van der Waals surface area contributed by atoms with E-state index >= 15 is 0 Å². The average molecular weight is 274 g/mol. The fourth-order valence-electron chi connectivity index (χ4n) is 3.20. The van der Waals surface area contributed by atoms with Gasteiger partial charge in [-0.25, -0.2) is 0 Å². The van der Waals surface area contributed by atoms with E-state index in [4.69, 9.17) is 0 Å². The molecule has 0 bridgehead atoms. The van der Waals surface area contributed by atoms with Crippen molar-refractivity contribution < 1.29 is 0 Å². The number of rotatable bonds is 6. The molecule has 2 nitrogen and oxygen atoms in total. The van der Waals surface area contributed by atoms with Gasteiger partial charge < -0.3 is 5.32 Å². The zero-order valence-corrected chi connectivity index (χ0v) is 13.5. The molecule has 112 valence electrons. The number of likely N-dealkylation sites (tertiary alicyclic amines) is 1. The van der Waals surface area contributed by atoms with Crippen molar-refractivity contribution in [1.82, 2.24) is 10.2 Å². The van der Waals surface area contributed by atoms with Crippen LogP contribution in [0, 0.1) is 5.92 Å². The lowest BCUT2D eigenvalue weighted by Crippen LogP contribution is -2.32. The molecule has 0 aromatic heterocycles. The van der Waals surface area contributed by atoms with Crippen LogP contribution < -0.4 is 5.32 Å². The Morgan fingerprint density at radius 1 is 1.20 bits per heavy atom. The van der Waals surface area contributed by atoms with Gasteiger partial charge in [0.1, 0.15) is 0 Å². The van der Waals surface area contributed by atoms with Crippen LogP contribution >= 0.6 is 0 Å². The first-order chi connectivity index (χ1) is 9.56. The molecule has 1 atom stereocenters. The molecule has 1 fully saturated rings. The van der Waals surface area contributed by atoms with Gasteiger partial charge in [-0.15, -0.1) is 0 Å². The molecule has 1 aromatic carbocycles. The van der Waals surface area contributed by atoms with E-state index in [1.165, 1.54) is 30.5 Å². The van der Waals surface area contributed by atoms with Crippen molar-refractivity contribution in [2.45, 2.75) is 65.7 Å². The highest BCUT2D eigenvalue weighted by molar-refractivity contribution is 5.23. The second kappa shape index (κ2) is 7.24. The van der Waals surface area contributed by atoms with Gasteiger partial charge in [-0.3, -0.25) is 4.90 Å². The molecule has 1 N–H and O–H groups in total. The second-order valence-electron chi connectivity index (χ2n) is 6.78. The first kappa shape index (κ1) is 15.5. The van der Waals surface area contributed by atoms with Crippen molar-refractivity contribution >= 4 is 0 Å². The number of nitrogens with zero attached hydrogens (tertiary/aromatic N) is 1. The van der Waals surface area contributed by atoms with Crippen molar-refractivity contribution in [2.75, 3.05) is 6.54 Å². The van der Waals surface area contributed by atoms with Crippen molar-refractivity contribution in [1.29, 1.82) is 0 Å². The smallest absolute Gasteiger partial charge is 0.0236 e. The Morgan fingerprint density at radius 2 is 1.95 bits per heavy atom. The van der Waals surface area contributed by atoms with Crippen LogP contribution in [0.15, 0.2) is 24.3 Å². The minimum atomic E-state index is 0.544. The van der Waals surface area contributed by atoms with Gasteiger partial charge in [-0.1, -0.05) is 52.0 Å². The van der Waals surface area contributed by atoms with Crippen LogP contribution in [-0.2, 0) is 13.1 Å². The standard InChI is InChI=1S/C18H30N2/c1-14(2)18-9-6-10-20(18)13-17-8-5-7-16(11-17)12-19-15(3)4/h5,7-8,11,14-15,18-19H,6,9-10,12-13H2,1-4H3. The molecule has 1 aliphatic rings. The number of hydrogen-bond donors (Lipinski definition) is 1. The third-order valence-corrected chi connectivity index (χ3v) is 4.28. The summed E-state index contributed by atoms with van der Waals surface area (Å²) in [7, 11) is 0. The van der Waals surface area contributed by atoms with Crippen molar-refractivity contribution in [3.8, 4) is 0 Å². The summed E-state index contributed by atoms with van der Waals surface area (Å²) in [6.07, 6.45) is 2.73. The Hall–Kier alpha value is -0.860. The summed E-state index contributed by atoms with van der Waals surface area (Å²) in [5, 5.41) is 3.50. The van der Waals surface area contributed by atoms with Crippen LogP contribution in [0.2, 0.25) is 0 Å². The molecule has 0 radical (unpaired) electrons. The third-order valence-electron chi connectivity index (χ3n) is 4.28. The van der Waals surface area contributed by atoms with Crippen LogP contribution in [0.3, 0.4) is 0 Å². The van der Waals surface area contributed by atoms with Crippen molar-refractivity contribution in [3.63, 3.8) is 0 Å². The summed E-state index contributed by atoms with van der Waals surface area (Å²) in [6.45, 7) is 12.4. The highest BCUT2D eigenvalue weighted by Crippen LogP contribution is 2.25. The van der Waals surface area contributed by atoms with Gasteiger partial charge in [0.15, 0.2) is 0 Å². The second-order valence-corrected chi connectivity index (χ2v) is 6.78. The van der Waals surface area contributed by atoms with Gasteiger partial charge in [0, 0.05) is 25.2 Å². The lowest BCUT2D eigenvalue weighted by atomic mass is 10.0. The minimum Gasteiger partial charge on any atom is -0.310 e. The number of hydrogen-bond acceptors (Lipinski definition) is 2. The third kappa shape index (κ3) is 4.32. The maximum atomic E-state index is 3.50. The zero-order valence-electron chi connectivity index (χ0n) is 13.5. The van der Waals surface area contributed by atoms with Gasteiger partial charge in [-0.2, -0.15) is 0 Å². The summed E-state index contributed by atoms with van der Waals surface area (Å²) >= 11 is 0. The van der Waals surface area contributed by atoms with Crippen molar-refractivity contribution in [2.24, 2.45) is 5.92 Å². The predicted octanol–water partition coefficient (Wildman–Crippen LogP) is 3.81. The van der Waals surface area contributed by atoms with Crippen LogP contribution in [0.1, 0.15) is 51.7 Å². The Morgan fingerprint density at radius 3 is 2.65 bits per heavy atom. The Balaban J connectivity index is 1.97. The summed E-state index contributed by atoms with van der Waals surface area (Å²) < 4.78 is 0. The molecule has 1 heterocycles. The van der Waals surface area contributed by atoms with Crippen LogP contribution in [0.25, 0.3) is 0 Å². The van der Waals surface area contributed by atoms with Crippen LogP contribution in [0.4, 0.5) is 0 Å². The van der Waals surface area contributed by atoms with E-state index in [0.717, 1.165) is 25.0 Å². The fourth-order valence-corrected chi connectivity index (χ4v) is 3.20. The highest BCUT2D eigenvalue weighted by Gasteiger charge is 2.26. The van der Waals surface area contributed by atoms with E-state index in [9.17, 15) is 0 Å². The summed E-state index contributed by atoms with van der Waals surface area (Å²) in [6, 6.07) is 10.4. The fraction of sp³-hybridized carbons (Fsp3) is 0.667. The average Bonchev–Trinajstić information content (AvgIpc) is 2.85. The lowest BCUT2D eigenvalue weighted by Gasteiger charge is -2.27. The largest absolute Gasteiger partial charge is 0.310 e. The van der Waals surface area contributed by atoms with Gasteiger partial charge in [0.05, 0.1) is 0 Å². The summed E-state index contributed by atoms with van der Waals surface area (Å²) in [4.78, 5) is 2.67. The molecule has 1 aromatic rings. The SMILES string of the molecule is CC(C)NCc1cccc(CN2CCCC2C(C)C)c1. The van der Waals surface area contributed by atoms with Gasteiger partial charge in [0.2, 0.25) is 0 Å². The molecule has 0 spiro atoms. The minimum absolute atomic E-state index is 0.544. The molecule has 1 unspecified atom stereocenters. The van der Waals surface area contributed by atoms with Gasteiger partial charge >= 0.3 is 0 Å². The molecular weight excluding hydrogens is 244 g/mol. The molecule has 2 heteroatoms. The Bertz CT molecular complexity index is 412. The topological polar surface area (TPSA) is 15.3 Å². The monoisotopic (exact) mass is 274 g/mol. The maximum absolute atomic E-state index is 3.50. The quantitative estimate of drug-likeness (QED) is 0.848. The molecule has 1 aliphatic heterocycles. The maximum Gasteiger partial charge on any atom is 0.0236 e. The number of benzene rings is 1. The molecule has 0 saturated carbocycles. The van der Waals surface area contributed by atoms with E-state index in [0.29, 0.717) is 6.04 Å². The first-order valence-electron chi connectivity index (χ1n) is 8.11. The Labute approximate surface area is 124 Å². The molecule has 1 saturated heterocycles. The van der Waals surface area contributed by atoms with E-state index in [1.54, 1.807) is 0 Å². The molecule has 0 amide bonds. The molecule has 0 aliphatic carbocycles. The van der Waals surface area contributed by atoms with Crippen LogP contribution in [0.5, 0.6) is 0 Å².